The van der Waals surface area contributed by atoms with Gasteiger partial charge < -0.3 is 23.8 Å². The van der Waals surface area contributed by atoms with Gasteiger partial charge in [-0.25, -0.2) is 4.79 Å². The molecule has 0 aliphatic rings. The molecule has 0 bridgehead atoms. The lowest BCUT2D eigenvalue weighted by Crippen LogP contribution is -2.28. The van der Waals surface area contributed by atoms with Gasteiger partial charge in [0.15, 0.2) is 11.5 Å². The lowest BCUT2D eigenvalue weighted by molar-refractivity contribution is 0.0261. The highest BCUT2D eigenvalue weighted by atomic mass is 16.5. The maximum atomic E-state index is 12.8. The molecule has 1 unspecified atom stereocenters. The molecule has 0 saturated heterocycles. The number of ether oxygens (including phenoxy) is 4. The fourth-order valence-corrected chi connectivity index (χ4v) is 3.67. The topological polar surface area (TPSA) is 57.2 Å². The number of methoxy groups -OCH3 is 3. The van der Waals surface area contributed by atoms with Crippen LogP contribution in [0, 0.1) is 0 Å². The number of carbonyl (C=O) groups excluding carboxylic acids is 1. The fraction of sp³-hybridized carbons (Fsp3) is 0.500. The van der Waals surface area contributed by atoms with Gasteiger partial charge in [-0.15, -0.1) is 0 Å². The zero-order chi connectivity index (χ0) is 23.3. The monoisotopic (exact) mass is 443 g/mol. The molecule has 0 aliphatic heterocycles. The van der Waals surface area contributed by atoms with Crippen molar-refractivity contribution in [2.45, 2.75) is 45.6 Å². The van der Waals surface area contributed by atoms with E-state index in [-0.39, 0.29) is 12.1 Å². The first kappa shape index (κ1) is 25.5. The van der Waals surface area contributed by atoms with Crippen molar-refractivity contribution in [1.29, 1.82) is 0 Å². The summed E-state index contributed by atoms with van der Waals surface area (Å²) >= 11 is 0. The molecular weight excluding hydrogens is 406 g/mol. The van der Waals surface area contributed by atoms with Crippen molar-refractivity contribution in [2.75, 3.05) is 41.0 Å². The highest BCUT2D eigenvalue weighted by Crippen LogP contribution is 2.38. The first-order chi connectivity index (χ1) is 15.6. The molecule has 0 spiro atoms. The molecule has 6 nitrogen and oxygen atoms in total. The molecule has 2 aromatic carbocycles. The fourth-order valence-electron chi connectivity index (χ4n) is 3.67. The number of esters is 1. The average Bonchev–Trinajstić information content (AvgIpc) is 2.84. The summed E-state index contributed by atoms with van der Waals surface area (Å²) < 4.78 is 21.8. The van der Waals surface area contributed by atoms with Crippen LogP contribution in [0.4, 0.5) is 0 Å². The maximum absolute atomic E-state index is 12.8. The molecular formula is C26H37NO5. The van der Waals surface area contributed by atoms with Crippen molar-refractivity contribution in [3.8, 4) is 17.2 Å². The van der Waals surface area contributed by atoms with Crippen LogP contribution in [0.3, 0.4) is 0 Å². The Morgan fingerprint density at radius 1 is 0.938 bits per heavy atom. The first-order valence-electron chi connectivity index (χ1n) is 11.3. The molecule has 32 heavy (non-hydrogen) atoms. The molecule has 2 rings (SSSR count). The number of hydrogen-bond donors (Lipinski definition) is 0. The lowest BCUT2D eigenvalue weighted by atomic mass is 10.1. The SMILES string of the molecule is CCC(CCCN(CC)CCc1ccccc1)OC(=O)c1cc(OC)c(OC)c(OC)c1. The number of hydrogen-bond acceptors (Lipinski definition) is 6. The molecule has 2 aromatic rings. The first-order valence-corrected chi connectivity index (χ1v) is 11.3. The number of carbonyl (C=O) groups is 1. The summed E-state index contributed by atoms with van der Waals surface area (Å²) in [6.07, 6.45) is 3.49. The van der Waals surface area contributed by atoms with Gasteiger partial charge in [0.1, 0.15) is 6.10 Å². The van der Waals surface area contributed by atoms with Crippen LogP contribution in [0.5, 0.6) is 17.2 Å². The number of nitrogens with zero attached hydrogens (tertiary/aromatic N) is 1. The zero-order valence-electron chi connectivity index (χ0n) is 20.1. The molecule has 0 saturated carbocycles. The Bertz CT molecular complexity index is 799. The van der Waals surface area contributed by atoms with Crippen LogP contribution < -0.4 is 14.2 Å². The quantitative estimate of drug-likeness (QED) is 0.383. The Balaban J connectivity index is 1.89. The second-order valence-corrected chi connectivity index (χ2v) is 7.66. The van der Waals surface area contributed by atoms with E-state index in [4.69, 9.17) is 18.9 Å². The van der Waals surface area contributed by atoms with Crippen LogP contribution in [-0.2, 0) is 11.2 Å². The van der Waals surface area contributed by atoms with Crippen molar-refractivity contribution in [1.82, 2.24) is 4.90 Å². The average molecular weight is 444 g/mol. The van der Waals surface area contributed by atoms with Crippen molar-refractivity contribution in [3.05, 3.63) is 53.6 Å². The van der Waals surface area contributed by atoms with Gasteiger partial charge in [0.05, 0.1) is 26.9 Å². The second-order valence-electron chi connectivity index (χ2n) is 7.66. The van der Waals surface area contributed by atoms with Crippen LogP contribution >= 0.6 is 0 Å². The highest BCUT2D eigenvalue weighted by Gasteiger charge is 2.20. The Kier molecular flexibility index (Phi) is 10.9. The molecule has 0 aromatic heterocycles. The molecule has 176 valence electrons. The molecule has 0 N–H and O–H groups in total. The van der Waals surface area contributed by atoms with Crippen LogP contribution in [-0.4, -0.2) is 57.9 Å². The van der Waals surface area contributed by atoms with E-state index in [9.17, 15) is 4.79 Å². The van der Waals surface area contributed by atoms with E-state index >= 15 is 0 Å². The van der Waals surface area contributed by atoms with Gasteiger partial charge >= 0.3 is 5.97 Å². The predicted octanol–water partition coefficient (Wildman–Crippen LogP) is 4.99. The van der Waals surface area contributed by atoms with Crippen LogP contribution in [0.25, 0.3) is 0 Å². The highest BCUT2D eigenvalue weighted by molar-refractivity contribution is 5.91. The predicted molar refractivity (Wildman–Crippen MR) is 127 cm³/mol. The van der Waals surface area contributed by atoms with E-state index in [1.165, 1.54) is 26.9 Å². The third-order valence-electron chi connectivity index (χ3n) is 5.64. The summed E-state index contributed by atoms with van der Waals surface area (Å²) in [7, 11) is 4.59. The Hall–Kier alpha value is -2.73. The van der Waals surface area contributed by atoms with Crippen LogP contribution in [0.1, 0.15) is 49.0 Å². The normalized spacial score (nSPS) is 11.8. The Morgan fingerprint density at radius 3 is 2.12 bits per heavy atom. The summed E-state index contributed by atoms with van der Waals surface area (Å²) in [5.41, 5.74) is 1.74. The van der Waals surface area contributed by atoms with E-state index < -0.39 is 0 Å². The third-order valence-corrected chi connectivity index (χ3v) is 5.64. The van der Waals surface area contributed by atoms with Crippen molar-refractivity contribution >= 4 is 5.97 Å². The summed E-state index contributed by atoms with van der Waals surface area (Å²) in [5.74, 6) is 0.939. The molecule has 0 aliphatic carbocycles. The molecule has 0 fully saturated rings. The van der Waals surface area contributed by atoms with E-state index in [0.717, 1.165) is 45.3 Å². The molecule has 0 heterocycles. The van der Waals surface area contributed by atoms with E-state index in [0.29, 0.717) is 22.8 Å². The van der Waals surface area contributed by atoms with Gasteiger partial charge in [0, 0.05) is 6.54 Å². The van der Waals surface area contributed by atoms with Crippen molar-refractivity contribution in [2.24, 2.45) is 0 Å². The standard InChI is InChI=1S/C26H37NO5/c1-6-22(14-11-16-27(7-2)17-15-20-12-9-8-10-13-20)32-26(28)21-18-23(29-3)25(31-5)24(19-21)30-4/h8-10,12-13,18-19,22H,6-7,11,14-17H2,1-5H3. The van der Waals surface area contributed by atoms with Crippen LogP contribution in [0.15, 0.2) is 42.5 Å². The Labute approximate surface area is 192 Å². The molecule has 6 heteroatoms. The number of likely N-dealkylation sites (N-methyl/N-ethyl adjacent to an activating group) is 1. The van der Waals surface area contributed by atoms with Gasteiger partial charge in [-0.05, 0) is 56.5 Å². The summed E-state index contributed by atoms with van der Waals surface area (Å²) in [4.78, 5) is 15.2. The minimum atomic E-state index is -0.382. The Morgan fingerprint density at radius 2 is 1.59 bits per heavy atom. The maximum Gasteiger partial charge on any atom is 0.338 e. The van der Waals surface area contributed by atoms with Gasteiger partial charge in [-0.2, -0.15) is 0 Å². The largest absolute Gasteiger partial charge is 0.493 e. The van der Waals surface area contributed by atoms with Gasteiger partial charge in [-0.3, -0.25) is 0 Å². The second kappa shape index (κ2) is 13.6. The lowest BCUT2D eigenvalue weighted by Gasteiger charge is -2.22. The molecule has 0 amide bonds. The van der Waals surface area contributed by atoms with Crippen molar-refractivity contribution < 1.29 is 23.7 Å². The zero-order valence-corrected chi connectivity index (χ0v) is 20.1. The molecule has 0 radical (unpaired) electrons. The minimum absolute atomic E-state index is 0.130. The summed E-state index contributed by atoms with van der Waals surface area (Å²) in [6, 6.07) is 13.8. The van der Waals surface area contributed by atoms with Gasteiger partial charge in [-0.1, -0.05) is 44.2 Å². The smallest absolute Gasteiger partial charge is 0.338 e. The van der Waals surface area contributed by atoms with Crippen molar-refractivity contribution in [3.63, 3.8) is 0 Å². The third kappa shape index (κ3) is 7.45. The number of benzene rings is 2. The van der Waals surface area contributed by atoms with Crippen LogP contribution in [0.2, 0.25) is 0 Å². The minimum Gasteiger partial charge on any atom is -0.493 e. The van der Waals surface area contributed by atoms with Gasteiger partial charge in [0.2, 0.25) is 5.75 Å². The van der Waals surface area contributed by atoms with E-state index in [1.807, 2.05) is 13.0 Å². The summed E-state index contributed by atoms with van der Waals surface area (Å²) in [6.45, 7) is 7.26. The van der Waals surface area contributed by atoms with Gasteiger partial charge in [0.25, 0.3) is 0 Å². The molecule has 1 atom stereocenters. The van der Waals surface area contributed by atoms with E-state index in [2.05, 4.69) is 36.1 Å². The number of rotatable bonds is 14. The van der Waals surface area contributed by atoms with E-state index in [1.54, 1.807) is 12.1 Å². The summed E-state index contributed by atoms with van der Waals surface area (Å²) in [5, 5.41) is 0.